The molecule has 0 aliphatic rings. The first-order chi connectivity index (χ1) is 9.58. The predicted molar refractivity (Wildman–Crippen MR) is 70.1 cm³/mol. The Labute approximate surface area is 114 Å². The fraction of sp³-hybridized carbons (Fsp3) is 0.0667. The Morgan fingerprint density at radius 3 is 2.40 bits per heavy atom. The summed E-state index contributed by atoms with van der Waals surface area (Å²) in [5.74, 6) is -2.40. The first-order valence-electron chi connectivity index (χ1n) is 5.68. The van der Waals surface area contributed by atoms with Crippen molar-refractivity contribution in [3.8, 4) is 22.9 Å². The Balaban J connectivity index is 2.59. The van der Waals surface area contributed by atoms with Gasteiger partial charge in [0, 0.05) is 5.56 Å². The van der Waals surface area contributed by atoms with Crippen LogP contribution in [-0.2, 0) is 0 Å². The van der Waals surface area contributed by atoms with Crippen LogP contribution in [0.5, 0.6) is 5.75 Å². The van der Waals surface area contributed by atoms with Crippen LogP contribution in [0.2, 0.25) is 0 Å². The number of ether oxygens (including phenoxy) is 1. The van der Waals surface area contributed by atoms with Crippen LogP contribution in [0.4, 0.5) is 4.39 Å². The molecule has 0 atom stereocenters. The zero-order valence-electron chi connectivity index (χ0n) is 10.6. The predicted octanol–water partition coefficient (Wildman–Crippen LogP) is 3.07. The van der Waals surface area contributed by atoms with Crippen LogP contribution in [0.1, 0.15) is 15.9 Å². The molecule has 0 aromatic heterocycles. The number of nitriles is 1. The number of halogens is 1. The molecule has 0 bridgehead atoms. The molecule has 0 fully saturated rings. The highest BCUT2D eigenvalue weighted by Gasteiger charge is 2.19. The van der Waals surface area contributed by atoms with Crippen LogP contribution in [-0.4, -0.2) is 18.2 Å². The van der Waals surface area contributed by atoms with E-state index in [0.29, 0.717) is 16.7 Å². The van der Waals surface area contributed by atoms with E-state index >= 15 is 0 Å². The van der Waals surface area contributed by atoms with Gasteiger partial charge in [0.1, 0.15) is 0 Å². The Bertz CT molecular complexity index is 702. The first-order valence-corrected chi connectivity index (χ1v) is 5.68. The van der Waals surface area contributed by atoms with Gasteiger partial charge in [-0.25, -0.2) is 9.18 Å². The van der Waals surface area contributed by atoms with E-state index in [1.165, 1.54) is 19.2 Å². The van der Waals surface area contributed by atoms with E-state index in [4.69, 9.17) is 15.1 Å². The Hall–Kier alpha value is -2.87. The van der Waals surface area contributed by atoms with Gasteiger partial charge in [-0.05, 0) is 29.8 Å². The summed E-state index contributed by atoms with van der Waals surface area (Å²) in [6, 6.07) is 11.1. The highest BCUT2D eigenvalue weighted by Crippen LogP contribution is 2.34. The quantitative estimate of drug-likeness (QED) is 0.931. The summed E-state index contributed by atoms with van der Waals surface area (Å²) in [5.41, 5.74) is 1.10. The Kier molecular flexibility index (Phi) is 3.67. The molecule has 0 heterocycles. The zero-order valence-corrected chi connectivity index (χ0v) is 10.6. The summed E-state index contributed by atoms with van der Waals surface area (Å²) in [6.07, 6.45) is 0. The molecule has 5 heteroatoms. The summed E-state index contributed by atoms with van der Waals surface area (Å²) in [5, 5.41) is 17.6. The number of carbonyl (C=O) groups is 1. The van der Waals surface area contributed by atoms with Gasteiger partial charge >= 0.3 is 5.97 Å². The van der Waals surface area contributed by atoms with Gasteiger partial charge in [-0.1, -0.05) is 12.1 Å². The maximum Gasteiger partial charge on any atom is 0.338 e. The summed E-state index contributed by atoms with van der Waals surface area (Å²) in [6.45, 7) is 0. The van der Waals surface area contributed by atoms with Gasteiger partial charge in [0.15, 0.2) is 11.6 Å². The highest BCUT2D eigenvalue weighted by molar-refractivity contribution is 5.90. The van der Waals surface area contributed by atoms with Crippen LogP contribution in [0.3, 0.4) is 0 Å². The van der Waals surface area contributed by atoms with E-state index < -0.39 is 17.3 Å². The summed E-state index contributed by atoms with van der Waals surface area (Å²) < 4.78 is 19.0. The molecule has 0 unspecified atom stereocenters. The summed E-state index contributed by atoms with van der Waals surface area (Å²) in [7, 11) is 1.27. The molecule has 2 aromatic rings. The number of hydrogen-bond acceptors (Lipinski definition) is 3. The second kappa shape index (κ2) is 5.41. The number of aromatic carboxylic acids is 1. The van der Waals surface area contributed by atoms with Crippen molar-refractivity contribution in [3.05, 3.63) is 53.3 Å². The number of rotatable bonds is 3. The van der Waals surface area contributed by atoms with Gasteiger partial charge < -0.3 is 9.84 Å². The van der Waals surface area contributed by atoms with Crippen molar-refractivity contribution in [2.24, 2.45) is 0 Å². The standard InChI is InChI=1S/C15H10FNO3/c1-20-14-11(6-7-12(13(14)16)15(18)19)10-4-2-9(8-17)3-5-10/h2-7H,1H3,(H,18,19). The molecule has 0 spiro atoms. The molecule has 1 N–H and O–H groups in total. The molecule has 2 aromatic carbocycles. The van der Waals surface area contributed by atoms with Crippen molar-refractivity contribution < 1.29 is 19.0 Å². The minimum absolute atomic E-state index is 0.130. The van der Waals surface area contributed by atoms with E-state index in [1.54, 1.807) is 24.3 Å². The molecule has 2 rings (SSSR count). The van der Waals surface area contributed by atoms with E-state index in [1.807, 2.05) is 6.07 Å². The topological polar surface area (TPSA) is 70.3 Å². The van der Waals surface area contributed by atoms with Gasteiger partial charge in [0.25, 0.3) is 0 Å². The third-order valence-corrected chi connectivity index (χ3v) is 2.86. The number of carboxylic acid groups (broad SMARTS) is 1. The lowest BCUT2D eigenvalue weighted by molar-refractivity contribution is 0.0691. The largest absolute Gasteiger partial charge is 0.493 e. The molecule has 0 aliphatic carbocycles. The molecule has 0 saturated heterocycles. The van der Waals surface area contributed by atoms with Crippen LogP contribution in [0.15, 0.2) is 36.4 Å². The molecular weight excluding hydrogens is 261 g/mol. The summed E-state index contributed by atoms with van der Waals surface area (Å²) >= 11 is 0. The molecule has 0 amide bonds. The molecule has 0 aliphatic heterocycles. The average Bonchev–Trinajstić information content (AvgIpc) is 2.46. The lowest BCUT2D eigenvalue weighted by Crippen LogP contribution is -2.03. The minimum atomic E-state index is -1.35. The molecule has 100 valence electrons. The molecule has 20 heavy (non-hydrogen) atoms. The zero-order chi connectivity index (χ0) is 14.7. The van der Waals surface area contributed by atoms with Crippen molar-refractivity contribution in [1.82, 2.24) is 0 Å². The van der Waals surface area contributed by atoms with Crippen molar-refractivity contribution in [1.29, 1.82) is 5.26 Å². The highest BCUT2D eigenvalue weighted by atomic mass is 19.1. The fourth-order valence-electron chi connectivity index (χ4n) is 1.87. The second-order valence-corrected chi connectivity index (χ2v) is 4.00. The number of carboxylic acids is 1. The van der Waals surface area contributed by atoms with E-state index in [2.05, 4.69) is 0 Å². The number of methoxy groups -OCH3 is 1. The number of benzene rings is 2. The van der Waals surface area contributed by atoms with Crippen LogP contribution < -0.4 is 4.74 Å². The van der Waals surface area contributed by atoms with E-state index in [-0.39, 0.29) is 5.75 Å². The van der Waals surface area contributed by atoms with Crippen LogP contribution in [0, 0.1) is 17.1 Å². The molecule has 4 nitrogen and oxygen atoms in total. The van der Waals surface area contributed by atoms with Gasteiger partial charge in [-0.15, -0.1) is 0 Å². The third-order valence-electron chi connectivity index (χ3n) is 2.86. The first kappa shape index (κ1) is 13.6. The molecular formula is C15H10FNO3. The maximum atomic E-state index is 14.1. The Morgan fingerprint density at radius 1 is 1.25 bits per heavy atom. The maximum absolute atomic E-state index is 14.1. The normalized spacial score (nSPS) is 9.85. The smallest absolute Gasteiger partial charge is 0.338 e. The second-order valence-electron chi connectivity index (χ2n) is 4.00. The van der Waals surface area contributed by atoms with Crippen LogP contribution in [0.25, 0.3) is 11.1 Å². The van der Waals surface area contributed by atoms with Crippen LogP contribution >= 0.6 is 0 Å². The SMILES string of the molecule is COc1c(-c2ccc(C#N)cc2)ccc(C(=O)O)c1F. The fourth-order valence-corrected chi connectivity index (χ4v) is 1.87. The lowest BCUT2D eigenvalue weighted by Gasteiger charge is -2.11. The Morgan fingerprint density at radius 2 is 1.90 bits per heavy atom. The minimum Gasteiger partial charge on any atom is -0.493 e. The number of nitrogens with zero attached hydrogens (tertiary/aromatic N) is 1. The van der Waals surface area contributed by atoms with Crippen molar-refractivity contribution in [2.75, 3.05) is 7.11 Å². The monoisotopic (exact) mass is 271 g/mol. The molecule has 0 radical (unpaired) electrons. The van der Waals surface area contributed by atoms with E-state index in [0.717, 1.165) is 0 Å². The van der Waals surface area contributed by atoms with E-state index in [9.17, 15) is 9.18 Å². The average molecular weight is 271 g/mol. The van der Waals surface area contributed by atoms with Gasteiger partial charge in [-0.2, -0.15) is 5.26 Å². The van der Waals surface area contributed by atoms with Gasteiger partial charge in [0.2, 0.25) is 0 Å². The van der Waals surface area contributed by atoms with Crippen molar-refractivity contribution >= 4 is 5.97 Å². The third kappa shape index (κ3) is 2.31. The lowest BCUT2D eigenvalue weighted by atomic mass is 10.0. The number of hydrogen-bond donors (Lipinski definition) is 1. The van der Waals surface area contributed by atoms with Crippen molar-refractivity contribution in [3.63, 3.8) is 0 Å². The van der Waals surface area contributed by atoms with Gasteiger partial charge in [0.05, 0.1) is 24.3 Å². The molecule has 0 saturated carbocycles. The van der Waals surface area contributed by atoms with Crippen molar-refractivity contribution in [2.45, 2.75) is 0 Å². The van der Waals surface area contributed by atoms with Gasteiger partial charge in [-0.3, -0.25) is 0 Å². The summed E-state index contributed by atoms with van der Waals surface area (Å²) in [4.78, 5) is 10.9.